The summed E-state index contributed by atoms with van der Waals surface area (Å²) in [7, 11) is -2.41. The van der Waals surface area contributed by atoms with Crippen molar-refractivity contribution in [3.8, 4) is 17.6 Å². The lowest BCUT2D eigenvalue weighted by Gasteiger charge is -2.26. The Hall–Kier alpha value is -3.13. The van der Waals surface area contributed by atoms with E-state index in [0.29, 0.717) is 31.1 Å². The Bertz CT molecular complexity index is 1060. The fourth-order valence-corrected chi connectivity index (χ4v) is 4.61. The summed E-state index contributed by atoms with van der Waals surface area (Å²) in [5.41, 5.74) is 1.16. The summed E-state index contributed by atoms with van der Waals surface area (Å²) in [4.78, 5) is 12.3. The van der Waals surface area contributed by atoms with E-state index < -0.39 is 15.9 Å². The third-order valence-electron chi connectivity index (χ3n) is 4.61. The first-order chi connectivity index (χ1) is 14.9. The zero-order valence-electron chi connectivity index (χ0n) is 17.0. The maximum absolute atomic E-state index is 13.0. The molecule has 164 valence electrons. The Labute approximate surface area is 181 Å². The molecule has 0 radical (unpaired) electrons. The predicted octanol–water partition coefficient (Wildman–Crippen LogP) is 1.80. The van der Waals surface area contributed by atoms with Crippen LogP contribution < -0.4 is 14.8 Å². The van der Waals surface area contributed by atoms with E-state index in [1.165, 1.54) is 23.5 Å². The van der Waals surface area contributed by atoms with E-state index in [4.69, 9.17) is 19.5 Å². The van der Waals surface area contributed by atoms with Crippen LogP contribution in [0.4, 0.5) is 5.69 Å². The van der Waals surface area contributed by atoms with E-state index in [1.54, 1.807) is 30.3 Å². The predicted molar refractivity (Wildman–Crippen MR) is 112 cm³/mol. The molecule has 1 aliphatic heterocycles. The number of nitriles is 1. The monoisotopic (exact) mass is 445 g/mol. The lowest BCUT2D eigenvalue weighted by atomic mass is 10.2. The third-order valence-corrected chi connectivity index (χ3v) is 6.53. The van der Waals surface area contributed by atoms with Crippen LogP contribution in [-0.2, 0) is 26.0 Å². The molecule has 1 aliphatic rings. The van der Waals surface area contributed by atoms with Crippen LogP contribution >= 0.6 is 0 Å². The number of carbonyl (C=O) groups excluding carboxylic acids is 1. The lowest BCUT2D eigenvalue weighted by Crippen LogP contribution is -2.40. The highest BCUT2D eigenvalue weighted by Crippen LogP contribution is 2.30. The van der Waals surface area contributed by atoms with Gasteiger partial charge in [0, 0.05) is 18.8 Å². The van der Waals surface area contributed by atoms with Gasteiger partial charge in [-0.3, -0.25) is 4.79 Å². The second-order valence-electron chi connectivity index (χ2n) is 6.70. The minimum atomic E-state index is -3.80. The van der Waals surface area contributed by atoms with Gasteiger partial charge in [-0.15, -0.1) is 0 Å². The van der Waals surface area contributed by atoms with E-state index in [9.17, 15) is 13.2 Å². The zero-order chi connectivity index (χ0) is 22.3. The quantitative estimate of drug-likeness (QED) is 0.658. The number of nitrogens with zero attached hydrogens (tertiary/aromatic N) is 2. The van der Waals surface area contributed by atoms with Gasteiger partial charge < -0.3 is 19.5 Å². The maximum atomic E-state index is 13.0. The van der Waals surface area contributed by atoms with Gasteiger partial charge >= 0.3 is 0 Å². The van der Waals surface area contributed by atoms with Gasteiger partial charge in [0.2, 0.25) is 10.0 Å². The molecule has 10 heteroatoms. The van der Waals surface area contributed by atoms with Crippen LogP contribution in [0.2, 0.25) is 0 Å². The molecule has 2 aromatic carbocycles. The molecule has 2 aromatic rings. The minimum absolute atomic E-state index is 0.0244. The van der Waals surface area contributed by atoms with Crippen molar-refractivity contribution in [2.24, 2.45) is 0 Å². The number of hydrogen-bond donors (Lipinski definition) is 1. The number of benzene rings is 2. The molecule has 1 amide bonds. The summed E-state index contributed by atoms with van der Waals surface area (Å²) < 4.78 is 43.3. The normalized spacial score (nSPS) is 14.5. The Morgan fingerprint density at radius 3 is 2.55 bits per heavy atom. The molecule has 0 aromatic heterocycles. The van der Waals surface area contributed by atoms with Crippen LogP contribution in [0.5, 0.6) is 11.5 Å². The van der Waals surface area contributed by atoms with Crippen molar-refractivity contribution in [1.82, 2.24) is 4.31 Å². The van der Waals surface area contributed by atoms with Crippen LogP contribution in [0, 0.1) is 11.3 Å². The van der Waals surface area contributed by atoms with Gasteiger partial charge in [0.25, 0.3) is 5.91 Å². The molecule has 9 nitrogen and oxygen atoms in total. The number of anilines is 1. The second kappa shape index (κ2) is 10.3. The standard InChI is InChI=1S/C21H23N3O6S/c1-28-19-7-4-17(14-20(19)31(26,27)24-10-12-29-13-11-24)23-21(25)15-30-18-5-2-16(3-6-18)8-9-22/h2-7,14H,8,10-13,15H2,1H3,(H,23,25). The highest BCUT2D eigenvalue weighted by atomic mass is 32.2. The number of sulfonamides is 1. The molecule has 0 saturated carbocycles. The summed E-state index contributed by atoms with van der Waals surface area (Å²) in [6.45, 7) is 0.904. The molecule has 0 bridgehead atoms. The van der Waals surface area contributed by atoms with Crippen molar-refractivity contribution in [3.63, 3.8) is 0 Å². The summed E-state index contributed by atoms with van der Waals surface area (Å²) >= 11 is 0. The summed E-state index contributed by atoms with van der Waals surface area (Å²) in [5, 5.41) is 11.3. The third kappa shape index (κ3) is 5.73. The zero-order valence-corrected chi connectivity index (χ0v) is 17.9. The van der Waals surface area contributed by atoms with E-state index >= 15 is 0 Å². The summed E-state index contributed by atoms with van der Waals surface area (Å²) in [6.07, 6.45) is 0.300. The Balaban J connectivity index is 1.68. The maximum Gasteiger partial charge on any atom is 0.262 e. The molecule has 1 fully saturated rings. The largest absolute Gasteiger partial charge is 0.495 e. The molecule has 0 unspecified atom stereocenters. The van der Waals surface area contributed by atoms with Crippen LogP contribution in [0.25, 0.3) is 0 Å². The van der Waals surface area contributed by atoms with Crippen molar-refractivity contribution in [1.29, 1.82) is 5.26 Å². The topological polar surface area (TPSA) is 118 Å². The van der Waals surface area contributed by atoms with Gasteiger partial charge in [0.05, 0.1) is 32.8 Å². The van der Waals surface area contributed by atoms with Crippen molar-refractivity contribution in [2.75, 3.05) is 45.3 Å². The SMILES string of the molecule is COc1ccc(NC(=O)COc2ccc(CC#N)cc2)cc1S(=O)(=O)N1CCOCC1. The van der Waals surface area contributed by atoms with Gasteiger partial charge in [0.15, 0.2) is 6.61 Å². The number of ether oxygens (including phenoxy) is 3. The average Bonchev–Trinajstić information content (AvgIpc) is 2.79. The molecule has 0 aliphatic carbocycles. The molecule has 3 rings (SSSR count). The van der Waals surface area contributed by atoms with E-state index in [0.717, 1.165) is 5.56 Å². The second-order valence-corrected chi connectivity index (χ2v) is 8.60. The van der Waals surface area contributed by atoms with Crippen LogP contribution in [0.15, 0.2) is 47.4 Å². The van der Waals surface area contributed by atoms with Gasteiger partial charge in [-0.05, 0) is 35.9 Å². The number of carbonyl (C=O) groups is 1. The van der Waals surface area contributed by atoms with Crippen molar-refractivity contribution >= 4 is 21.6 Å². The number of nitrogens with one attached hydrogen (secondary N) is 1. The highest BCUT2D eigenvalue weighted by molar-refractivity contribution is 7.89. The molecular formula is C21H23N3O6S. The molecule has 1 N–H and O–H groups in total. The first-order valence-corrected chi connectivity index (χ1v) is 11.0. The smallest absolute Gasteiger partial charge is 0.262 e. The number of amides is 1. The molecule has 1 saturated heterocycles. The van der Waals surface area contributed by atoms with Crippen molar-refractivity contribution in [3.05, 3.63) is 48.0 Å². The highest BCUT2D eigenvalue weighted by Gasteiger charge is 2.29. The first-order valence-electron chi connectivity index (χ1n) is 9.58. The molecule has 1 heterocycles. The molecule has 0 spiro atoms. The van der Waals surface area contributed by atoms with Gasteiger partial charge in [-0.25, -0.2) is 8.42 Å². The molecule has 0 atom stereocenters. The molecular weight excluding hydrogens is 422 g/mol. The first kappa shape index (κ1) is 22.6. The summed E-state index contributed by atoms with van der Waals surface area (Å²) in [5.74, 6) is 0.237. The van der Waals surface area contributed by atoms with E-state index in [2.05, 4.69) is 11.4 Å². The number of rotatable bonds is 8. The van der Waals surface area contributed by atoms with Crippen molar-refractivity contribution < 1.29 is 27.4 Å². The van der Waals surface area contributed by atoms with E-state index in [1.807, 2.05) is 0 Å². The van der Waals surface area contributed by atoms with Gasteiger partial charge in [0.1, 0.15) is 16.4 Å². The Kier molecular flexibility index (Phi) is 7.46. The molecule has 31 heavy (non-hydrogen) atoms. The number of methoxy groups -OCH3 is 1. The van der Waals surface area contributed by atoms with Crippen LogP contribution in [-0.4, -0.2) is 58.7 Å². The van der Waals surface area contributed by atoms with E-state index in [-0.39, 0.29) is 30.3 Å². The number of morpholine rings is 1. The van der Waals surface area contributed by atoms with Crippen LogP contribution in [0.3, 0.4) is 0 Å². The minimum Gasteiger partial charge on any atom is -0.495 e. The fourth-order valence-electron chi connectivity index (χ4n) is 3.02. The average molecular weight is 445 g/mol. The lowest BCUT2D eigenvalue weighted by molar-refractivity contribution is -0.118. The Morgan fingerprint density at radius 1 is 1.19 bits per heavy atom. The number of hydrogen-bond acceptors (Lipinski definition) is 7. The van der Waals surface area contributed by atoms with Gasteiger partial charge in [-0.2, -0.15) is 9.57 Å². The summed E-state index contributed by atoms with van der Waals surface area (Å²) in [6, 6.07) is 13.4. The van der Waals surface area contributed by atoms with Crippen LogP contribution in [0.1, 0.15) is 5.56 Å². The fraction of sp³-hybridized carbons (Fsp3) is 0.333. The Morgan fingerprint density at radius 2 is 1.90 bits per heavy atom. The van der Waals surface area contributed by atoms with Gasteiger partial charge in [-0.1, -0.05) is 12.1 Å². The van der Waals surface area contributed by atoms with Crippen molar-refractivity contribution in [2.45, 2.75) is 11.3 Å².